The van der Waals surface area contributed by atoms with Gasteiger partial charge >= 0.3 is 0 Å². The predicted molar refractivity (Wildman–Crippen MR) is 105 cm³/mol. The normalized spacial score (nSPS) is 19.3. The maximum absolute atomic E-state index is 12.1. The average molecular weight is 363 g/mol. The first kappa shape index (κ1) is 19.1. The second kappa shape index (κ2) is 7.50. The molecule has 5 heteroatoms. The summed E-state index contributed by atoms with van der Waals surface area (Å²) in [6, 6.07) is 9.65. The second-order valence-corrected chi connectivity index (χ2v) is 7.28. The summed E-state index contributed by atoms with van der Waals surface area (Å²) in [6.45, 7) is 6.82. The fraction of sp³-hybridized carbons (Fsp3) is 0.409. The Morgan fingerprint density at radius 2 is 2.07 bits per heavy atom. The summed E-state index contributed by atoms with van der Waals surface area (Å²) in [5.41, 5.74) is 2.03. The molecule has 0 unspecified atom stereocenters. The molecule has 1 aromatic carbocycles. The minimum absolute atomic E-state index is 0.319. The summed E-state index contributed by atoms with van der Waals surface area (Å²) in [5.74, 6) is 6.37. The molecule has 0 spiro atoms. The lowest BCUT2D eigenvalue weighted by Gasteiger charge is -2.13. The lowest BCUT2D eigenvalue weighted by molar-refractivity contribution is -0.137. The van der Waals surface area contributed by atoms with Gasteiger partial charge in [-0.25, -0.2) is 9.97 Å². The van der Waals surface area contributed by atoms with Crippen LogP contribution in [-0.4, -0.2) is 45.1 Å². The summed E-state index contributed by atoms with van der Waals surface area (Å²) in [7, 11) is 1.67. The third kappa shape index (κ3) is 4.01. The molecular formula is C22H25N3O2. The first-order chi connectivity index (χ1) is 12.8. The van der Waals surface area contributed by atoms with Gasteiger partial charge in [0.2, 0.25) is 5.60 Å². The van der Waals surface area contributed by atoms with E-state index in [9.17, 15) is 9.90 Å². The molecule has 0 saturated carbocycles. The second-order valence-electron chi connectivity index (χ2n) is 7.28. The van der Waals surface area contributed by atoms with Crippen molar-refractivity contribution in [2.75, 3.05) is 13.6 Å². The number of carbonyl (C=O) groups excluding carboxylic acids is 1. The van der Waals surface area contributed by atoms with Crippen molar-refractivity contribution < 1.29 is 9.90 Å². The quantitative estimate of drug-likeness (QED) is 0.852. The number of aromatic nitrogens is 2. The summed E-state index contributed by atoms with van der Waals surface area (Å²) in [6.07, 6.45) is 1.17. The number of aliphatic hydroxyl groups is 1. The molecule has 1 atom stereocenters. The molecule has 140 valence electrons. The van der Waals surface area contributed by atoms with Gasteiger partial charge in [0.1, 0.15) is 0 Å². The SMILES string of the molecule is CCc1cc(C(C)C)nc(-c2cccc(C#C[C@]3(O)CCN(C)C3=O)c2)n1. The third-order valence-corrected chi connectivity index (χ3v) is 4.80. The van der Waals surface area contributed by atoms with Crippen molar-refractivity contribution >= 4 is 5.91 Å². The van der Waals surface area contributed by atoms with Gasteiger partial charge in [0, 0.05) is 42.5 Å². The van der Waals surface area contributed by atoms with Crippen molar-refractivity contribution in [3.8, 4) is 23.2 Å². The molecule has 1 aliphatic rings. The topological polar surface area (TPSA) is 66.3 Å². The van der Waals surface area contributed by atoms with Crippen LogP contribution in [0, 0.1) is 11.8 Å². The van der Waals surface area contributed by atoms with Gasteiger partial charge in [-0.05, 0) is 30.5 Å². The van der Waals surface area contributed by atoms with Crippen LogP contribution in [0.15, 0.2) is 30.3 Å². The van der Waals surface area contributed by atoms with Crippen LogP contribution in [0.3, 0.4) is 0 Å². The van der Waals surface area contributed by atoms with Crippen LogP contribution >= 0.6 is 0 Å². The van der Waals surface area contributed by atoms with E-state index >= 15 is 0 Å². The van der Waals surface area contributed by atoms with E-state index in [1.165, 1.54) is 4.90 Å². The molecule has 5 nitrogen and oxygen atoms in total. The van der Waals surface area contributed by atoms with Gasteiger partial charge in [0.15, 0.2) is 5.82 Å². The van der Waals surface area contributed by atoms with Crippen LogP contribution in [0.4, 0.5) is 0 Å². The van der Waals surface area contributed by atoms with Crippen molar-refractivity contribution in [1.29, 1.82) is 0 Å². The van der Waals surface area contributed by atoms with E-state index < -0.39 is 5.60 Å². The van der Waals surface area contributed by atoms with Crippen LogP contribution < -0.4 is 0 Å². The molecule has 1 N–H and O–H groups in total. The van der Waals surface area contributed by atoms with Gasteiger partial charge in [0.25, 0.3) is 5.91 Å². The molecule has 1 fully saturated rings. The lowest BCUT2D eigenvalue weighted by Crippen LogP contribution is -2.37. The number of likely N-dealkylation sites (N-methyl/N-ethyl adjacent to an activating group) is 1. The first-order valence-corrected chi connectivity index (χ1v) is 9.32. The van der Waals surface area contributed by atoms with Crippen molar-refractivity contribution in [3.63, 3.8) is 0 Å². The highest BCUT2D eigenvalue weighted by atomic mass is 16.3. The highest BCUT2D eigenvalue weighted by Crippen LogP contribution is 2.23. The molecule has 3 rings (SSSR count). The van der Waals surface area contributed by atoms with Crippen molar-refractivity contribution in [2.45, 2.75) is 45.1 Å². The lowest BCUT2D eigenvalue weighted by atomic mass is 10.0. The number of benzene rings is 1. The highest BCUT2D eigenvalue weighted by Gasteiger charge is 2.42. The number of rotatable bonds is 3. The molecule has 1 saturated heterocycles. The molecule has 2 heterocycles. The summed E-state index contributed by atoms with van der Waals surface area (Å²) in [4.78, 5) is 22.9. The van der Waals surface area contributed by atoms with Crippen LogP contribution in [0.25, 0.3) is 11.4 Å². The van der Waals surface area contributed by atoms with Gasteiger partial charge in [-0.15, -0.1) is 0 Å². The molecule has 0 aliphatic carbocycles. The zero-order chi connectivity index (χ0) is 19.6. The minimum atomic E-state index is -1.59. The molecule has 0 radical (unpaired) electrons. The van der Waals surface area contributed by atoms with Gasteiger partial charge in [-0.2, -0.15) is 0 Å². The maximum atomic E-state index is 12.1. The Bertz CT molecular complexity index is 927. The summed E-state index contributed by atoms with van der Waals surface area (Å²) < 4.78 is 0. The number of nitrogens with zero attached hydrogens (tertiary/aromatic N) is 3. The van der Waals surface area contributed by atoms with Gasteiger partial charge in [0.05, 0.1) is 0 Å². The average Bonchev–Trinajstić information content (AvgIpc) is 2.94. The van der Waals surface area contributed by atoms with E-state index in [4.69, 9.17) is 4.98 Å². The van der Waals surface area contributed by atoms with Crippen molar-refractivity contribution in [3.05, 3.63) is 47.3 Å². The van der Waals surface area contributed by atoms with E-state index in [1.54, 1.807) is 7.05 Å². The number of hydrogen-bond donors (Lipinski definition) is 1. The summed E-state index contributed by atoms with van der Waals surface area (Å²) >= 11 is 0. The number of amides is 1. The van der Waals surface area contributed by atoms with Crippen LogP contribution in [0.2, 0.25) is 0 Å². The van der Waals surface area contributed by atoms with E-state index in [-0.39, 0.29) is 5.91 Å². The Labute approximate surface area is 160 Å². The van der Waals surface area contributed by atoms with E-state index in [1.807, 2.05) is 24.3 Å². The molecule has 0 bridgehead atoms. The van der Waals surface area contributed by atoms with Crippen LogP contribution in [0.5, 0.6) is 0 Å². The van der Waals surface area contributed by atoms with Crippen LogP contribution in [0.1, 0.15) is 50.1 Å². The Morgan fingerprint density at radius 3 is 2.70 bits per heavy atom. The Morgan fingerprint density at radius 1 is 1.30 bits per heavy atom. The zero-order valence-corrected chi connectivity index (χ0v) is 16.3. The predicted octanol–water partition coefficient (Wildman–Crippen LogP) is 2.77. The fourth-order valence-electron chi connectivity index (χ4n) is 3.01. The first-order valence-electron chi connectivity index (χ1n) is 9.32. The third-order valence-electron chi connectivity index (χ3n) is 4.80. The van der Waals surface area contributed by atoms with Gasteiger partial charge < -0.3 is 10.0 Å². The fourth-order valence-corrected chi connectivity index (χ4v) is 3.01. The standard InChI is InChI=1S/C22H25N3O2/c1-5-18-14-19(15(2)3)24-20(23-18)17-8-6-7-16(13-17)9-10-22(27)11-12-25(4)21(22)26/h6-8,13-15,27H,5,11-12H2,1-4H3/t22-/m0/s1. The number of hydrogen-bond acceptors (Lipinski definition) is 4. The van der Waals surface area contributed by atoms with Gasteiger partial charge in [-0.1, -0.05) is 44.7 Å². The number of aryl methyl sites for hydroxylation is 1. The van der Waals surface area contributed by atoms with Gasteiger partial charge in [-0.3, -0.25) is 4.79 Å². The molecular weight excluding hydrogens is 338 g/mol. The number of carbonyl (C=O) groups is 1. The van der Waals surface area contributed by atoms with Crippen LogP contribution in [-0.2, 0) is 11.2 Å². The molecule has 1 aliphatic heterocycles. The molecule has 1 aromatic heterocycles. The smallest absolute Gasteiger partial charge is 0.267 e. The monoisotopic (exact) mass is 363 g/mol. The van der Waals surface area contributed by atoms with E-state index in [0.717, 1.165) is 28.9 Å². The molecule has 27 heavy (non-hydrogen) atoms. The largest absolute Gasteiger partial charge is 0.369 e. The minimum Gasteiger partial charge on any atom is -0.369 e. The number of likely N-dealkylation sites (tertiary alicyclic amines) is 1. The Hall–Kier alpha value is -2.71. The van der Waals surface area contributed by atoms with E-state index in [0.29, 0.717) is 24.7 Å². The van der Waals surface area contributed by atoms with Crippen molar-refractivity contribution in [2.24, 2.45) is 0 Å². The Balaban J connectivity index is 1.95. The van der Waals surface area contributed by atoms with Crippen molar-refractivity contribution in [1.82, 2.24) is 14.9 Å². The highest BCUT2D eigenvalue weighted by molar-refractivity contribution is 5.90. The molecule has 1 amide bonds. The molecule has 2 aromatic rings. The Kier molecular flexibility index (Phi) is 5.29. The summed E-state index contributed by atoms with van der Waals surface area (Å²) in [5, 5.41) is 10.5. The van der Waals surface area contributed by atoms with E-state index in [2.05, 4.69) is 43.7 Å². The maximum Gasteiger partial charge on any atom is 0.267 e. The zero-order valence-electron chi connectivity index (χ0n) is 16.3.